The van der Waals surface area contributed by atoms with Crippen LogP contribution in [0.1, 0.15) is 5.69 Å². The number of ether oxygens (including phenoxy) is 1. The number of hydrogen-bond donors (Lipinski definition) is 1. The molecular weight excluding hydrogens is 286 g/mol. The number of rotatable bonds is 4. The summed E-state index contributed by atoms with van der Waals surface area (Å²) in [6.07, 6.45) is 1.74. The minimum Gasteiger partial charge on any atom is -0.481 e. The molecular formula is C16H14ClN3O. The largest absolute Gasteiger partial charge is 0.481 e. The number of aromatic nitrogens is 2. The Morgan fingerprint density at radius 2 is 2.05 bits per heavy atom. The summed E-state index contributed by atoms with van der Waals surface area (Å²) < 4.78 is 5.13. The van der Waals surface area contributed by atoms with Crippen molar-refractivity contribution in [2.24, 2.45) is 0 Å². The molecule has 0 spiro atoms. The number of hydrogen-bond acceptors (Lipinski definition) is 4. The molecule has 0 radical (unpaired) electrons. The predicted molar refractivity (Wildman–Crippen MR) is 84.9 cm³/mol. The Morgan fingerprint density at radius 1 is 1.14 bits per heavy atom. The zero-order chi connectivity index (χ0) is 14.7. The van der Waals surface area contributed by atoms with Crippen molar-refractivity contribution in [2.45, 2.75) is 6.54 Å². The van der Waals surface area contributed by atoms with Gasteiger partial charge in [-0.15, -0.1) is 0 Å². The highest BCUT2D eigenvalue weighted by Crippen LogP contribution is 2.28. The van der Waals surface area contributed by atoms with Crippen LogP contribution in [0.3, 0.4) is 0 Å². The molecule has 1 N–H and O–H groups in total. The van der Waals surface area contributed by atoms with E-state index in [4.69, 9.17) is 16.3 Å². The minimum atomic E-state index is 0.600. The molecule has 0 aliphatic rings. The molecule has 3 aromatic rings. The number of pyridine rings is 2. The first-order valence-corrected chi connectivity index (χ1v) is 6.93. The lowest BCUT2D eigenvalue weighted by molar-refractivity contribution is 0.396. The Balaban J connectivity index is 1.87. The quantitative estimate of drug-likeness (QED) is 0.793. The van der Waals surface area contributed by atoms with Gasteiger partial charge < -0.3 is 10.1 Å². The van der Waals surface area contributed by atoms with Crippen LogP contribution in [-0.4, -0.2) is 17.1 Å². The van der Waals surface area contributed by atoms with Crippen LogP contribution in [0.25, 0.3) is 10.9 Å². The van der Waals surface area contributed by atoms with Gasteiger partial charge in [0, 0.05) is 23.3 Å². The lowest BCUT2D eigenvalue weighted by Crippen LogP contribution is -2.03. The smallest absolute Gasteiger partial charge is 0.213 e. The standard InChI is InChI=1S/C16H14ClN3O/c1-21-15-6-2-4-11(20-15)10-19-14-8-7-13(17)16-12(14)5-3-9-18-16/h2-9,19H,10H2,1H3. The first-order valence-electron chi connectivity index (χ1n) is 6.55. The maximum absolute atomic E-state index is 6.17. The normalized spacial score (nSPS) is 10.6. The van der Waals surface area contributed by atoms with E-state index in [2.05, 4.69) is 15.3 Å². The van der Waals surface area contributed by atoms with E-state index in [1.165, 1.54) is 0 Å². The average molecular weight is 300 g/mol. The molecule has 0 saturated carbocycles. The van der Waals surface area contributed by atoms with Crippen molar-refractivity contribution in [3.05, 3.63) is 59.4 Å². The molecule has 0 aliphatic carbocycles. The van der Waals surface area contributed by atoms with E-state index in [0.717, 1.165) is 22.3 Å². The number of benzene rings is 1. The molecule has 2 heterocycles. The van der Waals surface area contributed by atoms with E-state index in [-0.39, 0.29) is 0 Å². The van der Waals surface area contributed by atoms with Crippen molar-refractivity contribution in [1.82, 2.24) is 9.97 Å². The highest BCUT2D eigenvalue weighted by atomic mass is 35.5. The van der Waals surface area contributed by atoms with Gasteiger partial charge in [0.2, 0.25) is 5.88 Å². The highest BCUT2D eigenvalue weighted by Gasteiger charge is 2.05. The van der Waals surface area contributed by atoms with E-state index >= 15 is 0 Å². The van der Waals surface area contributed by atoms with Crippen LogP contribution >= 0.6 is 11.6 Å². The molecule has 0 unspecified atom stereocenters. The van der Waals surface area contributed by atoms with Crippen molar-refractivity contribution in [3.63, 3.8) is 0 Å². The lowest BCUT2D eigenvalue weighted by atomic mass is 10.2. The van der Waals surface area contributed by atoms with Crippen LogP contribution in [0.5, 0.6) is 5.88 Å². The summed E-state index contributed by atoms with van der Waals surface area (Å²) in [6, 6.07) is 13.4. The van der Waals surface area contributed by atoms with Gasteiger partial charge in [0.05, 0.1) is 29.9 Å². The number of nitrogens with one attached hydrogen (secondary N) is 1. The zero-order valence-electron chi connectivity index (χ0n) is 11.5. The SMILES string of the molecule is COc1cccc(CNc2ccc(Cl)c3ncccc23)n1. The van der Waals surface area contributed by atoms with Crippen molar-refractivity contribution in [2.75, 3.05) is 12.4 Å². The summed E-state index contributed by atoms with van der Waals surface area (Å²) >= 11 is 6.17. The number of nitrogens with zero attached hydrogens (tertiary/aromatic N) is 2. The third-order valence-electron chi connectivity index (χ3n) is 3.17. The van der Waals surface area contributed by atoms with E-state index in [1.807, 2.05) is 42.5 Å². The van der Waals surface area contributed by atoms with Gasteiger partial charge in [-0.3, -0.25) is 4.98 Å². The number of fused-ring (bicyclic) bond motifs is 1. The summed E-state index contributed by atoms with van der Waals surface area (Å²) in [4.78, 5) is 8.69. The molecule has 1 aromatic carbocycles. The first kappa shape index (κ1) is 13.6. The molecule has 0 atom stereocenters. The third-order valence-corrected chi connectivity index (χ3v) is 3.48. The maximum Gasteiger partial charge on any atom is 0.213 e. The fraction of sp³-hybridized carbons (Fsp3) is 0.125. The van der Waals surface area contributed by atoms with Crippen LogP contribution in [0, 0.1) is 0 Å². The summed E-state index contributed by atoms with van der Waals surface area (Å²) in [6.45, 7) is 0.600. The van der Waals surface area contributed by atoms with Crippen LogP contribution < -0.4 is 10.1 Å². The van der Waals surface area contributed by atoms with Gasteiger partial charge in [-0.05, 0) is 30.3 Å². The molecule has 3 rings (SSSR count). The second-order valence-corrected chi connectivity index (χ2v) is 4.93. The molecule has 4 nitrogen and oxygen atoms in total. The fourth-order valence-corrected chi connectivity index (χ4v) is 2.36. The first-order chi connectivity index (χ1) is 10.3. The predicted octanol–water partition coefficient (Wildman–Crippen LogP) is 3.90. The molecule has 0 saturated heterocycles. The van der Waals surface area contributed by atoms with Gasteiger partial charge >= 0.3 is 0 Å². The molecule has 5 heteroatoms. The summed E-state index contributed by atoms with van der Waals surface area (Å²) in [5, 5.41) is 5.01. The van der Waals surface area contributed by atoms with Gasteiger partial charge in [0.1, 0.15) is 0 Å². The van der Waals surface area contributed by atoms with Crippen molar-refractivity contribution >= 4 is 28.2 Å². The maximum atomic E-state index is 6.17. The van der Waals surface area contributed by atoms with Gasteiger partial charge in [-0.1, -0.05) is 17.7 Å². The van der Waals surface area contributed by atoms with Crippen LogP contribution in [0.15, 0.2) is 48.7 Å². The number of anilines is 1. The Kier molecular flexibility index (Phi) is 3.88. The Bertz CT molecular complexity index is 776. The number of methoxy groups -OCH3 is 1. The average Bonchev–Trinajstić information content (AvgIpc) is 2.55. The van der Waals surface area contributed by atoms with Gasteiger partial charge in [0.25, 0.3) is 0 Å². The topological polar surface area (TPSA) is 47.0 Å². The summed E-state index contributed by atoms with van der Waals surface area (Å²) in [7, 11) is 1.61. The van der Waals surface area contributed by atoms with E-state index in [1.54, 1.807) is 13.3 Å². The van der Waals surface area contributed by atoms with Crippen molar-refractivity contribution in [3.8, 4) is 5.88 Å². The van der Waals surface area contributed by atoms with Gasteiger partial charge in [-0.25, -0.2) is 4.98 Å². The molecule has 2 aromatic heterocycles. The minimum absolute atomic E-state index is 0.600. The number of halogens is 1. The van der Waals surface area contributed by atoms with Gasteiger partial charge in [-0.2, -0.15) is 0 Å². The monoisotopic (exact) mass is 299 g/mol. The van der Waals surface area contributed by atoms with Gasteiger partial charge in [0.15, 0.2) is 0 Å². The molecule has 106 valence electrons. The van der Waals surface area contributed by atoms with E-state index in [9.17, 15) is 0 Å². The Labute approximate surface area is 127 Å². The summed E-state index contributed by atoms with van der Waals surface area (Å²) in [5.74, 6) is 0.608. The Hall–Kier alpha value is -2.33. The molecule has 21 heavy (non-hydrogen) atoms. The second kappa shape index (κ2) is 5.97. The second-order valence-electron chi connectivity index (χ2n) is 4.52. The Morgan fingerprint density at radius 3 is 2.90 bits per heavy atom. The lowest BCUT2D eigenvalue weighted by Gasteiger charge is -2.10. The molecule has 0 aliphatic heterocycles. The van der Waals surface area contributed by atoms with Crippen LogP contribution in [-0.2, 0) is 6.54 Å². The third kappa shape index (κ3) is 2.90. The van der Waals surface area contributed by atoms with Crippen LogP contribution in [0.2, 0.25) is 5.02 Å². The van der Waals surface area contributed by atoms with Crippen LogP contribution in [0.4, 0.5) is 5.69 Å². The van der Waals surface area contributed by atoms with E-state index < -0.39 is 0 Å². The fourth-order valence-electron chi connectivity index (χ4n) is 2.15. The molecule has 0 amide bonds. The molecule has 0 bridgehead atoms. The summed E-state index contributed by atoms with van der Waals surface area (Å²) in [5.41, 5.74) is 2.68. The molecule has 0 fully saturated rings. The van der Waals surface area contributed by atoms with Crippen molar-refractivity contribution < 1.29 is 4.74 Å². The van der Waals surface area contributed by atoms with E-state index in [0.29, 0.717) is 17.4 Å². The zero-order valence-corrected chi connectivity index (χ0v) is 12.3. The highest BCUT2D eigenvalue weighted by molar-refractivity contribution is 6.35. The van der Waals surface area contributed by atoms with Crippen molar-refractivity contribution in [1.29, 1.82) is 0 Å².